The van der Waals surface area contributed by atoms with Crippen LogP contribution >= 0.6 is 0 Å². The molecule has 0 aliphatic carbocycles. The van der Waals surface area contributed by atoms with Gasteiger partial charge in [0, 0.05) is 5.69 Å². The van der Waals surface area contributed by atoms with Gasteiger partial charge in [-0.15, -0.1) is 0 Å². The zero-order valence-corrected chi connectivity index (χ0v) is 16.2. The minimum Gasteiger partial charge on any atom is -0.507 e. The highest BCUT2D eigenvalue weighted by atomic mass is 16.3. The van der Waals surface area contributed by atoms with Crippen LogP contribution in [0.25, 0.3) is 33.2 Å². The van der Waals surface area contributed by atoms with Crippen LogP contribution in [0.5, 0.6) is 5.75 Å². The quantitative estimate of drug-likeness (QED) is 0.376. The van der Waals surface area contributed by atoms with Crippen molar-refractivity contribution in [2.45, 2.75) is 0 Å². The van der Waals surface area contributed by atoms with Gasteiger partial charge in [0.15, 0.2) is 6.54 Å². The highest BCUT2D eigenvalue weighted by Crippen LogP contribution is 2.32. The van der Waals surface area contributed by atoms with Gasteiger partial charge in [0.2, 0.25) is 0 Å². The number of aromatic hydroxyl groups is 1. The Balaban J connectivity index is 1.70. The summed E-state index contributed by atoms with van der Waals surface area (Å²) in [7, 11) is 5.88. The number of phenolic OH excluding ortho intramolecular Hbond substituents is 1. The molecule has 6 heteroatoms. The third kappa shape index (κ3) is 3.68. The minimum absolute atomic E-state index is 0.0833. The van der Waals surface area contributed by atoms with Gasteiger partial charge in [-0.3, -0.25) is 4.79 Å². The second-order valence-corrected chi connectivity index (χ2v) is 8.03. The Morgan fingerprint density at radius 3 is 2.50 bits per heavy atom. The summed E-state index contributed by atoms with van der Waals surface area (Å²) in [6, 6.07) is 17.2. The standard InChI is InChI=1S/C22H22N4O2/c1-26(2,3)13-21(28)23-16-8-9-20(27)17(12-16)22-24-18-10-14-6-4-5-7-15(14)11-19(18)25-22/h4-12H,13H2,1-3H3,(H2-,23,24,25,27,28)/p+1. The number of carbonyl (C=O) groups excluding carboxylic acids is 1. The van der Waals surface area contributed by atoms with Crippen LogP contribution in [0.15, 0.2) is 54.6 Å². The molecule has 28 heavy (non-hydrogen) atoms. The molecule has 0 aliphatic heterocycles. The van der Waals surface area contributed by atoms with Crippen molar-refractivity contribution in [3.05, 3.63) is 54.6 Å². The lowest BCUT2D eigenvalue weighted by Gasteiger charge is -2.22. The van der Waals surface area contributed by atoms with Crippen molar-refractivity contribution in [3.8, 4) is 17.1 Å². The molecule has 4 aromatic rings. The molecule has 142 valence electrons. The number of amides is 1. The van der Waals surface area contributed by atoms with E-state index in [1.807, 2.05) is 51.5 Å². The molecule has 0 unspecified atom stereocenters. The maximum absolute atomic E-state index is 12.2. The van der Waals surface area contributed by atoms with Crippen molar-refractivity contribution < 1.29 is 14.4 Å². The van der Waals surface area contributed by atoms with Crippen LogP contribution in [0, 0.1) is 0 Å². The summed E-state index contributed by atoms with van der Waals surface area (Å²) in [6.07, 6.45) is 0. The number of nitrogens with zero attached hydrogens (tertiary/aromatic N) is 2. The molecule has 0 bridgehead atoms. The number of fused-ring (bicyclic) bond motifs is 2. The van der Waals surface area contributed by atoms with Crippen molar-refractivity contribution in [1.29, 1.82) is 0 Å². The second-order valence-electron chi connectivity index (χ2n) is 8.03. The molecular weight excluding hydrogens is 352 g/mol. The van der Waals surface area contributed by atoms with Gasteiger partial charge in [-0.05, 0) is 41.1 Å². The lowest BCUT2D eigenvalue weighted by molar-refractivity contribution is -0.861. The molecule has 0 radical (unpaired) electrons. The Labute approximate surface area is 163 Å². The highest BCUT2D eigenvalue weighted by Gasteiger charge is 2.16. The average molecular weight is 375 g/mol. The van der Waals surface area contributed by atoms with Crippen LogP contribution in [-0.2, 0) is 4.79 Å². The molecule has 1 amide bonds. The molecule has 0 aliphatic rings. The topological polar surface area (TPSA) is 78.0 Å². The number of phenols is 1. The summed E-state index contributed by atoms with van der Waals surface area (Å²) in [4.78, 5) is 20.1. The smallest absolute Gasteiger partial charge is 0.279 e. The normalized spacial score (nSPS) is 11.8. The number of imidazole rings is 1. The molecule has 0 saturated heterocycles. The number of hydrogen-bond donors (Lipinski definition) is 3. The van der Waals surface area contributed by atoms with Crippen LogP contribution in [0.1, 0.15) is 0 Å². The van der Waals surface area contributed by atoms with Crippen LogP contribution < -0.4 is 5.32 Å². The Bertz CT molecular complexity index is 1140. The maximum Gasteiger partial charge on any atom is 0.279 e. The summed E-state index contributed by atoms with van der Waals surface area (Å²) in [6.45, 7) is 0.355. The number of nitrogens with one attached hydrogen (secondary N) is 2. The number of benzene rings is 3. The first-order chi connectivity index (χ1) is 13.3. The van der Waals surface area contributed by atoms with Gasteiger partial charge in [0.25, 0.3) is 5.91 Å². The van der Waals surface area contributed by atoms with Crippen molar-refractivity contribution in [3.63, 3.8) is 0 Å². The largest absolute Gasteiger partial charge is 0.507 e. The number of likely N-dealkylation sites (N-methyl/N-ethyl adjacent to an activating group) is 1. The summed E-state index contributed by atoms with van der Waals surface area (Å²) in [5.74, 6) is 0.582. The number of aromatic amines is 1. The van der Waals surface area contributed by atoms with E-state index in [0.29, 0.717) is 28.1 Å². The van der Waals surface area contributed by atoms with Gasteiger partial charge >= 0.3 is 0 Å². The first-order valence-corrected chi connectivity index (χ1v) is 9.11. The van der Waals surface area contributed by atoms with E-state index >= 15 is 0 Å². The first-order valence-electron chi connectivity index (χ1n) is 9.11. The molecule has 0 fully saturated rings. The number of rotatable bonds is 4. The maximum atomic E-state index is 12.2. The Hall–Kier alpha value is -3.38. The zero-order chi connectivity index (χ0) is 19.9. The van der Waals surface area contributed by atoms with Crippen LogP contribution in [0.3, 0.4) is 0 Å². The van der Waals surface area contributed by atoms with Crippen LogP contribution in [-0.4, -0.2) is 53.2 Å². The molecule has 6 nitrogen and oxygen atoms in total. The fourth-order valence-electron chi connectivity index (χ4n) is 3.26. The lowest BCUT2D eigenvalue weighted by atomic mass is 10.1. The van der Waals surface area contributed by atoms with Gasteiger partial charge < -0.3 is 19.9 Å². The van der Waals surface area contributed by atoms with E-state index in [0.717, 1.165) is 21.8 Å². The van der Waals surface area contributed by atoms with Gasteiger partial charge in [0.1, 0.15) is 11.6 Å². The minimum atomic E-state index is -0.0833. The molecular formula is C22H23N4O2+. The van der Waals surface area contributed by atoms with E-state index < -0.39 is 0 Å². The molecule has 0 spiro atoms. The molecule has 0 saturated carbocycles. The van der Waals surface area contributed by atoms with Crippen LogP contribution in [0.2, 0.25) is 0 Å². The van der Waals surface area contributed by atoms with E-state index in [1.165, 1.54) is 0 Å². The van der Waals surface area contributed by atoms with Crippen molar-refractivity contribution >= 4 is 33.4 Å². The van der Waals surface area contributed by atoms with Crippen molar-refractivity contribution in [1.82, 2.24) is 9.97 Å². The van der Waals surface area contributed by atoms with E-state index in [9.17, 15) is 9.90 Å². The van der Waals surface area contributed by atoms with E-state index in [4.69, 9.17) is 0 Å². The number of aromatic nitrogens is 2. The summed E-state index contributed by atoms with van der Waals surface area (Å²) < 4.78 is 0.536. The highest BCUT2D eigenvalue weighted by molar-refractivity contribution is 5.97. The number of H-pyrrole nitrogens is 1. The van der Waals surface area contributed by atoms with Crippen molar-refractivity contribution in [2.75, 3.05) is 33.0 Å². The number of anilines is 1. The molecule has 3 aromatic carbocycles. The van der Waals surface area contributed by atoms with Gasteiger partial charge in [-0.2, -0.15) is 0 Å². The third-order valence-electron chi connectivity index (χ3n) is 4.50. The molecule has 3 N–H and O–H groups in total. The van der Waals surface area contributed by atoms with E-state index in [2.05, 4.69) is 21.4 Å². The SMILES string of the molecule is C[N+](C)(C)CC(=O)Nc1ccc(O)c(-c2nc3cc4ccccc4cc3[nH]2)c1. The summed E-state index contributed by atoms with van der Waals surface area (Å²) >= 11 is 0. The van der Waals surface area contributed by atoms with Gasteiger partial charge in [-0.25, -0.2) is 4.98 Å². The summed E-state index contributed by atoms with van der Waals surface area (Å²) in [5, 5.41) is 15.5. The van der Waals surface area contributed by atoms with Gasteiger partial charge in [-0.1, -0.05) is 24.3 Å². The number of carbonyl (C=O) groups is 1. The predicted octanol–water partition coefficient (Wildman–Crippen LogP) is 3.73. The van der Waals surface area contributed by atoms with E-state index in [-0.39, 0.29) is 11.7 Å². The molecule has 0 atom stereocenters. The van der Waals surface area contributed by atoms with Crippen molar-refractivity contribution in [2.24, 2.45) is 0 Å². The van der Waals surface area contributed by atoms with E-state index in [1.54, 1.807) is 18.2 Å². The lowest BCUT2D eigenvalue weighted by Crippen LogP contribution is -2.41. The van der Waals surface area contributed by atoms with Crippen LogP contribution in [0.4, 0.5) is 5.69 Å². The number of hydrogen-bond acceptors (Lipinski definition) is 3. The molecule has 1 heterocycles. The predicted molar refractivity (Wildman–Crippen MR) is 112 cm³/mol. The monoisotopic (exact) mass is 375 g/mol. The fourth-order valence-corrected chi connectivity index (χ4v) is 3.26. The Kier molecular flexibility index (Phi) is 4.28. The first kappa shape index (κ1) is 18.0. The molecule has 1 aromatic heterocycles. The van der Waals surface area contributed by atoms with Gasteiger partial charge in [0.05, 0.1) is 37.7 Å². The Morgan fingerprint density at radius 2 is 1.79 bits per heavy atom. The Morgan fingerprint density at radius 1 is 1.07 bits per heavy atom. The molecule has 4 rings (SSSR count). The fraction of sp³-hybridized carbons (Fsp3) is 0.182. The average Bonchev–Trinajstić information content (AvgIpc) is 3.02. The third-order valence-corrected chi connectivity index (χ3v) is 4.50. The zero-order valence-electron chi connectivity index (χ0n) is 16.2. The number of quaternary nitrogens is 1. The second kappa shape index (κ2) is 6.65. The summed E-state index contributed by atoms with van der Waals surface area (Å²) in [5.41, 5.74) is 2.89.